The van der Waals surface area contributed by atoms with Crippen LogP contribution in [0.5, 0.6) is 0 Å². The molecule has 0 aliphatic heterocycles. The summed E-state index contributed by atoms with van der Waals surface area (Å²) in [5, 5.41) is 2.69. The largest absolute Gasteiger partial charge is 0.397 e. The van der Waals surface area contributed by atoms with E-state index in [1.54, 1.807) is 0 Å². The van der Waals surface area contributed by atoms with Crippen molar-refractivity contribution in [2.75, 3.05) is 44.4 Å². The number of halogens is 1. The third-order valence-electron chi connectivity index (χ3n) is 3.05. The number of ether oxygens (including phenoxy) is 1. The van der Waals surface area contributed by atoms with Crippen LogP contribution in [0.15, 0.2) is 18.2 Å². The van der Waals surface area contributed by atoms with Crippen LogP contribution < -0.4 is 11.1 Å². The number of amides is 1. The van der Waals surface area contributed by atoms with Gasteiger partial charge in [0.1, 0.15) is 5.82 Å². The Morgan fingerprint density at radius 3 is 2.86 bits per heavy atom. The zero-order valence-electron chi connectivity index (χ0n) is 12.7. The zero-order chi connectivity index (χ0) is 15.7. The maximum atomic E-state index is 12.9. The van der Waals surface area contributed by atoms with Crippen molar-refractivity contribution in [1.82, 2.24) is 4.90 Å². The summed E-state index contributed by atoms with van der Waals surface area (Å²) in [7, 11) is 1.99. The molecule has 6 heteroatoms. The lowest BCUT2D eigenvalue weighted by molar-refractivity contribution is -0.116. The molecule has 0 heterocycles. The predicted octanol–water partition coefficient (Wildman–Crippen LogP) is 2.09. The smallest absolute Gasteiger partial charge is 0.224 e. The third kappa shape index (κ3) is 7.06. The van der Waals surface area contributed by atoms with Crippen molar-refractivity contribution < 1.29 is 13.9 Å². The Morgan fingerprint density at radius 2 is 2.19 bits per heavy atom. The van der Waals surface area contributed by atoms with Crippen molar-refractivity contribution in [2.24, 2.45) is 0 Å². The topological polar surface area (TPSA) is 67.6 Å². The number of hydrogen-bond acceptors (Lipinski definition) is 4. The van der Waals surface area contributed by atoms with E-state index in [0.29, 0.717) is 18.7 Å². The monoisotopic (exact) mass is 297 g/mol. The summed E-state index contributed by atoms with van der Waals surface area (Å²) in [6.45, 7) is 5.05. The Hall–Kier alpha value is -1.66. The maximum Gasteiger partial charge on any atom is 0.224 e. The number of carbonyl (C=O) groups is 1. The molecule has 1 aromatic rings. The van der Waals surface area contributed by atoms with Gasteiger partial charge in [0.05, 0.1) is 18.0 Å². The molecule has 3 N–H and O–H groups in total. The molecule has 0 aliphatic carbocycles. The average molecular weight is 297 g/mol. The van der Waals surface area contributed by atoms with Gasteiger partial charge in [0.2, 0.25) is 5.91 Å². The minimum Gasteiger partial charge on any atom is -0.397 e. The fraction of sp³-hybridized carbons (Fsp3) is 0.533. The van der Waals surface area contributed by atoms with Crippen LogP contribution in [0, 0.1) is 5.82 Å². The Balaban J connectivity index is 2.25. The van der Waals surface area contributed by atoms with Crippen LogP contribution in [-0.2, 0) is 9.53 Å². The number of benzene rings is 1. The third-order valence-corrected chi connectivity index (χ3v) is 3.05. The zero-order valence-corrected chi connectivity index (χ0v) is 12.7. The first-order chi connectivity index (χ1) is 10.0. The molecular formula is C15H24FN3O2. The molecule has 0 spiro atoms. The summed E-state index contributed by atoms with van der Waals surface area (Å²) < 4.78 is 18.2. The molecular weight excluding hydrogens is 273 g/mol. The van der Waals surface area contributed by atoms with E-state index in [-0.39, 0.29) is 11.6 Å². The quantitative estimate of drug-likeness (QED) is 0.541. The predicted molar refractivity (Wildman–Crippen MR) is 82.7 cm³/mol. The first kappa shape index (κ1) is 17.4. The molecule has 0 radical (unpaired) electrons. The molecule has 0 atom stereocenters. The first-order valence-electron chi connectivity index (χ1n) is 7.14. The van der Waals surface area contributed by atoms with Gasteiger partial charge in [-0.25, -0.2) is 4.39 Å². The van der Waals surface area contributed by atoms with Gasteiger partial charge in [0.25, 0.3) is 0 Å². The molecule has 5 nitrogen and oxygen atoms in total. The van der Waals surface area contributed by atoms with Crippen molar-refractivity contribution in [1.29, 1.82) is 0 Å². The van der Waals surface area contributed by atoms with Gasteiger partial charge >= 0.3 is 0 Å². The Bertz CT molecular complexity index is 455. The highest BCUT2D eigenvalue weighted by molar-refractivity contribution is 5.93. The standard InChI is InChI=1S/C15H24FN3O2/c1-3-21-10-9-19(2)8-4-5-15(20)18-14-7-6-12(16)11-13(14)17/h6-7,11H,3-5,8-10,17H2,1-2H3,(H,18,20). The molecule has 0 fully saturated rings. The Morgan fingerprint density at radius 1 is 1.43 bits per heavy atom. The van der Waals surface area contributed by atoms with Gasteiger partial charge in [-0.1, -0.05) is 0 Å². The van der Waals surface area contributed by atoms with Gasteiger partial charge in [-0.05, 0) is 45.1 Å². The lowest BCUT2D eigenvalue weighted by atomic mass is 10.2. The summed E-state index contributed by atoms with van der Waals surface area (Å²) in [6.07, 6.45) is 1.14. The lowest BCUT2D eigenvalue weighted by Crippen LogP contribution is -2.25. The molecule has 0 bridgehead atoms. The second kappa shape index (κ2) is 9.31. The highest BCUT2D eigenvalue weighted by Gasteiger charge is 2.07. The van der Waals surface area contributed by atoms with Crippen LogP contribution in [0.2, 0.25) is 0 Å². The molecule has 1 rings (SSSR count). The van der Waals surface area contributed by atoms with E-state index in [9.17, 15) is 9.18 Å². The Kier molecular flexibility index (Phi) is 7.71. The van der Waals surface area contributed by atoms with Crippen molar-refractivity contribution in [3.8, 4) is 0 Å². The van der Waals surface area contributed by atoms with Crippen LogP contribution in [0.4, 0.5) is 15.8 Å². The summed E-state index contributed by atoms with van der Waals surface area (Å²) in [5.74, 6) is -0.534. The van der Waals surface area contributed by atoms with Crippen LogP contribution in [0.3, 0.4) is 0 Å². The molecule has 0 saturated heterocycles. The number of hydrogen-bond donors (Lipinski definition) is 2. The highest BCUT2D eigenvalue weighted by atomic mass is 19.1. The van der Waals surface area contributed by atoms with Crippen molar-refractivity contribution in [2.45, 2.75) is 19.8 Å². The van der Waals surface area contributed by atoms with Crippen LogP contribution >= 0.6 is 0 Å². The van der Waals surface area contributed by atoms with E-state index >= 15 is 0 Å². The first-order valence-corrected chi connectivity index (χ1v) is 7.14. The molecule has 118 valence electrons. The van der Waals surface area contributed by atoms with Crippen molar-refractivity contribution in [3.63, 3.8) is 0 Å². The number of nitrogens with zero attached hydrogens (tertiary/aromatic N) is 1. The molecule has 0 unspecified atom stereocenters. The van der Waals surface area contributed by atoms with E-state index in [1.165, 1.54) is 18.2 Å². The van der Waals surface area contributed by atoms with Gasteiger partial charge in [-0.15, -0.1) is 0 Å². The van der Waals surface area contributed by atoms with E-state index in [2.05, 4.69) is 10.2 Å². The fourth-order valence-electron chi connectivity index (χ4n) is 1.85. The molecule has 0 aliphatic rings. The molecule has 21 heavy (non-hydrogen) atoms. The van der Waals surface area contributed by atoms with Gasteiger partial charge in [-0.2, -0.15) is 0 Å². The van der Waals surface area contributed by atoms with Crippen LogP contribution in [0.1, 0.15) is 19.8 Å². The average Bonchev–Trinajstić information content (AvgIpc) is 2.42. The number of anilines is 2. The highest BCUT2D eigenvalue weighted by Crippen LogP contribution is 2.19. The fourth-order valence-corrected chi connectivity index (χ4v) is 1.85. The molecule has 1 aromatic carbocycles. The minimum atomic E-state index is -0.415. The summed E-state index contributed by atoms with van der Waals surface area (Å²) in [5.41, 5.74) is 6.32. The second-order valence-electron chi connectivity index (χ2n) is 4.88. The van der Waals surface area contributed by atoms with Gasteiger partial charge in [0, 0.05) is 19.6 Å². The summed E-state index contributed by atoms with van der Waals surface area (Å²) >= 11 is 0. The van der Waals surface area contributed by atoms with E-state index in [1.807, 2.05) is 14.0 Å². The van der Waals surface area contributed by atoms with Crippen molar-refractivity contribution >= 4 is 17.3 Å². The lowest BCUT2D eigenvalue weighted by Gasteiger charge is -2.16. The number of likely N-dealkylation sites (N-methyl/N-ethyl adjacent to an activating group) is 1. The van der Waals surface area contributed by atoms with Crippen LogP contribution in [0.25, 0.3) is 0 Å². The number of rotatable bonds is 9. The van der Waals surface area contributed by atoms with E-state index in [4.69, 9.17) is 10.5 Å². The minimum absolute atomic E-state index is 0.119. The number of nitrogens with one attached hydrogen (secondary N) is 1. The molecule has 0 saturated carbocycles. The van der Waals surface area contributed by atoms with Gasteiger partial charge in [-0.3, -0.25) is 4.79 Å². The summed E-state index contributed by atoms with van der Waals surface area (Å²) in [4.78, 5) is 13.9. The summed E-state index contributed by atoms with van der Waals surface area (Å²) in [6, 6.07) is 3.93. The Labute approximate surface area is 125 Å². The number of carbonyl (C=O) groups excluding carboxylic acids is 1. The second-order valence-corrected chi connectivity index (χ2v) is 4.88. The van der Waals surface area contributed by atoms with Gasteiger partial charge < -0.3 is 20.7 Å². The number of nitrogen functional groups attached to an aromatic ring is 1. The normalized spacial score (nSPS) is 10.9. The SMILES string of the molecule is CCOCCN(C)CCCC(=O)Nc1ccc(F)cc1N. The van der Waals surface area contributed by atoms with Crippen LogP contribution in [-0.4, -0.2) is 44.2 Å². The van der Waals surface area contributed by atoms with E-state index < -0.39 is 5.82 Å². The molecule has 1 amide bonds. The number of nitrogens with two attached hydrogens (primary N) is 1. The van der Waals surface area contributed by atoms with Crippen molar-refractivity contribution in [3.05, 3.63) is 24.0 Å². The molecule has 0 aromatic heterocycles. The van der Waals surface area contributed by atoms with E-state index in [0.717, 1.165) is 26.1 Å². The van der Waals surface area contributed by atoms with Gasteiger partial charge in [0.15, 0.2) is 0 Å². The maximum absolute atomic E-state index is 12.9.